The number of aryl methyl sites for hydroxylation is 1. The van der Waals surface area contributed by atoms with Crippen molar-refractivity contribution in [1.29, 1.82) is 0 Å². The van der Waals surface area contributed by atoms with Crippen molar-refractivity contribution in [2.45, 2.75) is 117 Å². The summed E-state index contributed by atoms with van der Waals surface area (Å²) < 4.78 is 17.0. The van der Waals surface area contributed by atoms with Crippen molar-refractivity contribution in [3.8, 4) is 22.6 Å². The number of rotatable bonds is 21. The SMILES string of the molecule is CCCCCCCCCCOc1ccc(-c2ccc(OC(=O)c3ccc(CCCCC(C)OC(=O)CCC)cc3)cc2)cc1. The largest absolute Gasteiger partial charge is 0.494 e. The molecular formula is C39H52O5. The van der Waals surface area contributed by atoms with Gasteiger partial charge in [0.1, 0.15) is 11.5 Å². The van der Waals surface area contributed by atoms with Crippen LogP contribution in [-0.2, 0) is 16.0 Å². The minimum absolute atomic E-state index is 0.0466. The van der Waals surface area contributed by atoms with E-state index in [9.17, 15) is 9.59 Å². The van der Waals surface area contributed by atoms with E-state index in [0.717, 1.165) is 62.0 Å². The lowest BCUT2D eigenvalue weighted by molar-refractivity contribution is -0.148. The molecule has 0 amide bonds. The quantitative estimate of drug-likeness (QED) is 0.0691. The third kappa shape index (κ3) is 13.4. The van der Waals surface area contributed by atoms with Crippen LogP contribution >= 0.6 is 0 Å². The van der Waals surface area contributed by atoms with E-state index in [2.05, 4.69) is 19.1 Å². The Labute approximate surface area is 265 Å². The summed E-state index contributed by atoms with van der Waals surface area (Å²) in [5.41, 5.74) is 3.84. The number of unbranched alkanes of at least 4 members (excludes halogenated alkanes) is 8. The van der Waals surface area contributed by atoms with Gasteiger partial charge in [0.25, 0.3) is 0 Å². The summed E-state index contributed by atoms with van der Waals surface area (Å²) in [4.78, 5) is 24.3. The van der Waals surface area contributed by atoms with E-state index in [4.69, 9.17) is 14.2 Å². The molecule has 0 aliphatic carbocycles. The van der Waals surface area contributed by atoms with Gasteiger partial charge < -0.3 is 14.2 Å². The highest BCUT2D eigenvalue weighted by molar-refractivity contribution is 5.91. The summed E-state index contributed by atoms with van der Waals surface area (Å²) in [5, 5.41) is 0. The summed E-state index contributed by atoms with van der Waals surface area (Å²) in [5.74, 6) is 0.929. The minimum atomic E-state index is -0.370. The van der Waals surface area contributed by atoms with Gasteiger partial charge >= 0.3 is 11.9 Å². The first-order valence-electron chi connectivity index (χ1n) is 16.8. The molecule has 3 rings (SSSR count). The lowest BCUT2D eigenvalue weighted by Crippen LogP contribution is -2.14. The van der Waals surface area contributed by atoms with Crippen molar-refractivity contribution < 1.29 is 23.8 Å². The van der Waals surface area contributed by atoms with Crippen LogP contribution in [-0.4, -0.2) is 24.6 Å². The van der Waals surface area contributed by atoms with Crippen molar-refractivity contribution in [2.24, 2.45) is 0 Å². The average molecular weight is 601 g/mol. The van der Waals surface area contributed by atoms with Crippen LogP contribution in [0.25, 0.3) is 11.1 Å². The molecule has 3 aromatic carbocycles. The van der Waals surface area contributed by atoms with Crippen LogP contribution in [0.2, 0.25) is 0 Å². The summed E-state index contributed by atoms with van der Waals surface area (Å²) in [6.45, 7) is 6.94. The van der Waals surface area contributed by atoms with E-state index in [1.165, 1.54) is 50.5 Å². The minimum Gasteiger partial charge on any atom is -0.494 e. The molecule has 0 fully saturated rings. The Hall–Kier alpha value is -3.60. The number of esters is 2. The summed E-state index contributed by atoms with van der Waals surface area (Å²) >= 11 is 0. The lowest BCUT2D eigenvalue weighted by Gasteiger charge is -2.12. The first-order chi connectivity index (χ1) is 21.5. The number of hydrogen-bond donors (Lipinski definition) is 0. The third-order valence-electron chi connectivity index (χ3n) is 7.82. The van der Waals surface area contributed by atoms with Gasteiger partial charge in [0.15, 0.2) is 0 Å². The Balaban J connectivity index is 1.35. The highest BCUT2D eigenvalue weighted by atomic mass is 16.5. The zero-order chi connectivity index (χ0) is 31.4. The Morgan fingerprint density at radius 3 is 1.84 bits per heavy atom. The van der Waals surface area contributed by atoms with Crippen molar-refractivity contribution in [3.63, 3.8) is 0 Å². The fraction of sp³-hybridized carbons (Fsp3) is 0.487. The Morgan fingerprint density at radius 2 is 1.23 bits per heavy atom. The molecule has 1 unspecified atom stereocenters. The molecule has 0 spiro atoms. The monoisotopic (exact) mass is 600 g/mol. The Kier molecular flexibility index (Phi) is 16.2. The molecule has 3 aromatic rings. The number of ether oxygens (including phenoxy) is 3. The van der Waals surface area contributed by atoms with Gasteiger partial charge in [-0.25, -0.2) is 4.79 Å². The number of benzene rings is 3. The Morgan fingerprint density at radius 1 is 0.636 bits per heavy atom. The Bertz CT molecular complexity index is 1210. The maximum absolute atomic E-state index is 12.7. The smallest absolute Gasteiger partial charge is 0.343 e. The normalized spacial score (nSPS) is 11.6. The molecule has 5 heteroatoms. The molecule has 0 N–H and O–H groups in total. The van der Waals surface area contributed by atoms with Crippen LogP contribution in [0.4, 0.5) is 0 Å². The third-order valence-corrected chi connectivity index (χ3v) is 7.82. The summed E-state index contributed by atoms with van der Waals surface area (Å²) in [6, 6.07) is 23.3. The molecule has 0 aliphatic rings. The van der Waals surface area contributed by atoms with E-state index in [-0.39, 0.29) is 18.0 Å². The van der Waals surface area contributed by atoms with Gasteiger partial charge in [0, 0.05) is 6.42 Å². The van der Waals surface area contributed by atoms with Gasteiger partial charge in [-0.15, -0.1) is 0 Å². The van der Waals surface area contributed by atoms with Crippen molar-refractivity contribution in [3.05, 3.63) is 83.9 Å². The van der Waals surface area contributed by atoms with Gasteiger partial charge in [-0.05, 0) is 98.5 Å². The number of hydrogen-bond acceptors (Lipinski definition) is 5. The van der Waals surface area contributed by atoms with E-state index in [0.29, 0.717) is 17.7 Å². The van der Waals surface area contributed by atoms with Gasteiger partial charge in [0.2, 0.25) is 0 Å². The molecular weight excluding hydrogens is 548 g/mol. The van der Waals surface area contributed by atoms with Gasteiger partial charge in [-0.3, -0.25) is 4.79 Å². The zero-order valence-electron chi connectivity index (χ0n) is 27.2. The van der Waals surface area contributed by atoms with Crippen LogP contribution in [0.3, 0.4) is 0 Å². The summed E-state index contributed by atoms with van der Waals surface area (Å²) in [7, 11) is 0. The highest BCUT2D eigenvalue weighted by Gasteiger charge is 2.11. The van der Waals surface area contributed by atoms with Gasteiger partial charge in [-0.2, -0.15) is 0 Å². The molecule has 0 aromatic heterocycles. The van der Waals surface area contributed by atoms with E-state index < -0.39 is 0 Å². The van der Waals surface area contributed by atoms with Crippen molar-refractivity contribution in [2.75, 3.05) is 6.61 Å². The van der Waals surface area contributed by atoms with Crippen LogP contribution in [0.1, 0.15) is 120 Å². The first-order valence-corrected chi connectivity index (χ1v) is 16.8. The van der Waals surface area contributed by atoms with E-state index in [1.807, 2.05) is 74.5 Å². The molecule has 0 saturated heterocycles. The second kappa shape index (κ2) is 20.4. The van der Waals surface area contributed by atoms with Crippen LogP contribution in [0.5, 0.6) is 11.5 Å². The molecule has 0 radical (unpaired) electrons. The maximum Gasteiger partial charge on any atom is 0.343 e. The zero-order valence-corrected chi connectivity index (χ0v) is 27.2. The number of carbonyl (C=O) groups excluding carboxylic acids is 2. The molecule has 0 saturated carbocycles. The van der Waals surface area contributed by atoms with Crippen LogP contribution < -0.4 is 9.47 Å². The number of carbonyl (C=O) groups is 2. The maximum atomic E-state index is 12.7. The fourth-order valence-corrected chi connectivity index (χ4v) is 5.17. The topological polar surface area (TPSA) is 61.8 Å². The van der Waals surface area contributed by atoms with E-state index in [1.54, 1.807) is 0 Å². The highest BCUT2D eigenvalue weighted by Crippen LogP contribution is 2.25. The molecule has 5 nitrogen and oxygen atoms in total. The van der Waals surface area contributed by atoms with Crippen LogP contribution in [0, 0.1) is 0 Å². The lowest BCUT2D eigenvalue weighted by atomic mass is 10.0. The standard InChI is InChI=1S/C39H52O5/c1-4-6-7-8-9-10-11-14-30-42-36-26-22-33(23-27-36)34-24-28-37(29-25-34)44-39(41)35-20-18-32(19-21-35)17-13-12-16-31(3)43-38(40)15-5-2/h18-29,31H,4-17,30H2,1-3H3. The fourth-order valence-electron chi connectivity index (χ4n) is 5.17. The second-order valence-corrected chi connectivity index (χ2v) is 11.8. The van der Waals surface area contributed by atoms with Crippen molar-refractivity contribution >= 4 is 11.9 Å². The average Bonchev–Trinajstić information content (AvgIpc) is 3.03. The van der Waals surface area contributed by atoms with Crippen molar-refractivity contribution in [1.82, 2.24) is 0 Å². The van der Waals surface area contributed by atoms with Gasteiger partial charge in [-0.1, -0.05) is 95.2 Å². The van der Waals surface area contributed by atoms with E-state index >= 15 is 0 Å². The molecule has 1 atom stereocenters. The molecule has 44 heavy (non-hydrogen) atoms. The second-order valence-electron chi connectivity index (χ2n) is 11.8. The predicted molar refractivity (Wildman–Crippen MR) is 179 cm³/mol. The van der Waals surface area contributed by atoms with Gasteiger partial charge in [0.05, 0.1) is 18.3 Å². The summed E-state index contributed by atoms with van der Waals surface area (Å²) in [6.07, 6.45) is 15.3. The molecule has 0 aliphatic heterocycles. The first kappa shape index (κ1) is 34.9. The molecule has 0 bridgehead atoms. The molecule has 238 valence electrons. The predicted octanol–water partition coefficient (Wildman–Crippen LogP) is 10.5. The van der Waals surface area contributed by atoms with Crippen LogP contribution in [0.15, 0.2) is 72.8 Å². The molecule has 0 heterocycles.